The fourth-order valence-electron chi connectivity index (χ4n) is 3.12. The van der Waals surface area contributed by atoms with Crippen molar-refractivity contribution in [1.82, 2.24) is 19.9 Å². The Morgan fingerprint density at radius 2 is 2.08 bits per heavy atom. The maximum atomic E-state index is 11.8. The van der Waals surface area contributed by atoms with Crippen molar-refractivity contribution in [3.05, 3.63) is 36.0 Å². The second kappa shape index (κ2) is 7.88. The van der Waals surface area contributed by atoms with Gasteiger partial charge in [-0.3, -0.25) is 4.99 Å². The first-order valence-electron chi connectivity index (χ1n) is 8.57. The quantitative estimate of drug-likeness (QED) is 0.526. The van der Waals surface area contributed by atoms with Crippen LogP contribution in [0.2, 0.25) is 0 Å². The summed E-state index contributed by atoms with van der Waals surface area (Å²) in [6.45, 7) is 2.40. The first kappa shape index (κ1) is 17.8. The number of aliphatic imine (C=N–C) groups is 1. The van der Waals surface area contributed by atoms with Gasteiger partial charge in [0.05, 0.1) is 5.75 Å². The molecule has 8 heteroatoms. The molecule has 1 aliphatic heterocycles. The van der Waals surface area contributed by atoms with Crippen LogP contribution in [-0.4, -0.2) is 62.6 Å². The molecule has 0 amide bonds. The minimum atomic E-state index is -3.03. The number of nitrogens with zero attached hydrogens (tertiary/aromatic N) is 2. The topological polar surface area (TPSA) is 89.6 Å². The van der Waals surface area contributed by atoms with Gasteiger partial charge in [-0.05, 0) is 24.5 Å². The van der Waals surface area contributed by atoms with E-state index < -0.39 is 10.0 Å². The van der Waals surface area contributed by atoms with E-state index in [1.165, 1.54) is 10.9 Å². The van der Waals surface area contributed by atoms with Crippen LogP contribution in [-0.2, 0) is 16.4 Å². The van der Waals surface area contributed by atoms with Crippen molar-refractivity contribution >= 4 is 26.9 Å². The van der Waals surface area contributed by atoms with Gasteiger partial charge in [-0.25, -0.2) is 12.7 Å². The predicted octanol–water partition coefficient (Wildman–Crippen LogP) is 0.911. The monoisotopic (exact) mass is 363 g/mol. The summed E-state index contributed by atoms with van der Waals surface area (Å²) in [5.74, 6) is 0.960. The molecule has 0 radical (unpaired) electrons. The van der Waals surface area contributed by atoms with Crippen LogP contribution < -0.4 is 10.6 Å². The summed E-state index contributed by atoms with van der Waals surface area (Å²) in [6.07, 6.45) is 3.64. The van der Waals surface area contributed by atoms with Gasteiger partial charge >= 0.3 is 0 Å². The molecule has 1 saturated heterocycles. The zero-order valence-corrected chi connectivity index (χ0v) is 15.3. The number of hydrogen-bond donors (Lipinski definition) is 3. The molecule has 2 heterocycles. The molecular weight excluding hydrogens is 338 g/mol. The molecule has 2 aromatic rings. The van der Waals surface area contributed by atoms with Gasteiger partial charge in [-0.15, -0.1) is 0 Å². The average molecular weight is 363 g/mol. The third-order valence-electron chi connectivity index (χ3n) is 4.44. The van der Waals surface area contributed by atoms with E-state index in [0.717, 1.165) is 24.9 Å². The number of nitrogens with one attached hydrogen (secondary N) is 3. The van der Waals surface area contributed by atoms with Crippen molar-refractivity contribution in [1.29, 1.82) is 0 Å². The number of rotatable bonds is 6. The van der Waals surface area contributed by atoms with Crippen LogP contribution >= 0.6 is 0 Å². The summed E-state index contributed by atoms with van der Waals surface area (Å²) < 4.78 is 25.1. The molecule has 7 nitrogen and oxygen atoms in total. The Bertz CT molecular complexity index is 844. The van der Waals surface area contributed by atoms with Crippen molar-refractivity contribution in [3.8, 4) is 0 Å². The number of aromatic nitrogens is 1. The lowest BCUT2D eigenvalue weighted by Crippen LogP contribution is -2.42. The Hall–Kier alpha value is -2.06. The highest BCUT2D eigenvalue weighted by atomic mass is 32.2. The van der Waals surface area contributed by atoms with Gasteiger partial charge in [0.15, 0.2) is 5.96 Å². The molecule has 1 aliphatic rings. The molecule has 0 unspecified atom stereocenters. The Balaban J connectivity index is 1.43. The van der Waals surface area contributed by atoms with E-state index in [-0.39, 0.29) is 5.75 Å². The Morgan fingerprint density at radius 1 is 1.28 bits per heavy atom. The Morgan fingerprint density at radius 3 is 2.84 bits per heavy atom. The van der Waals surface area contributed by atoms with E-state index in [2.05, 4.69) is 32.7 Å². The second-order valence-corrected chi connectivity index (χ2v) is 8.19. The highest BCUT2D eigenvalue weighted by molar-refractivity contribution is 7.89. The molecule has 3 N–H and O–H groups in total. The third-order valence-corrected chi connectivity index (χ3v) is 6.40. The van der Waals surface area contributed by atoms with Gasteiger partial charge in [-0.2, -0.15) is 0 Å². The van der Waals surface area contributed by atoms with E-state index >= 15 is 0 Å². The fourth-order valence-corrected chi connectivity index (χ4v) is 4.64. The molecule has 0 saturated carbocycles. The summed E-state index contributed by atoms with van der Waals surface area (Å²) >= 11 is 0. The van der Waals surface area contributed by atoms with Crippen molar-refractivity contribution in [3.63, 3.8) is 0 Å². The van der Waals surface area contributed by atoms with Gasteiger partial charge in [-0.1, -0.05) is 18.2 Å². The van der Waals surface area contributed by atoms with Gasteiger partial charge in [0.1, 0.15) is 0 Å². The molecular formula is C17H25N5O2S. The van der Waals surface area contributed by atoms with Gasteiger partial charge in [0, 0.05) is 50.3 Å². The summed E-state index contributed by atoms with van der Waals surface area (Å²) in [7, 11) is -1.31. The minimum absolute atomic E-state index is 0.268. The molecule has 0 atom stereocenters. The maximum absolute atomic E-state index is 11.8. The number of hydrogen-bond acceptors (Lipinski definition) is 3. The molecule has 0 aliphatic carbocycles. The number of benzene rings is 1. The summed E-state index contributed by atoms with van der Waals surface area (Å²) in [5.41, 5.74) is 2.41. The average Bonchev–Trinajstić information content (AvgIpc) is 3.16. The van der Waals surface area contributed by atoms with Crippen LogP contribution in [0.1, 0.15) is 12.0 Å². The number of fused-ring (bicyclic) bond motifs is 1. The minimum Gasteiger partial charge on any atom is -0.361 e. The molecule has 1 aromatic heterocycles. The molecule has 3 rings (SSSR count). The van der Waals surface area contributed by atoms with E-state index in [4.69, 9.17) is 0 Å². The van der Waals surface area contributed by atoms with Gasteiger partial charge < -0.3 is 15.6 Å². The van der Waals surface area contributed by atoms with E-state index in [9.17, 15) is 8.42 Å². The second-order valence-electron chi connectivity index (χ2n) is 6.10. The number of para-hydroxylation sites is 1. The first-order valence-corrected chi connectivity index (χ1v) is 10.2. The Labute approximate surface area is 148 Å². The van der Waals surface area contributed by atoms with Crippen molar-refractivity contribution in [2.75, 3.05) is 39.0 Å². The largest absolute Gasteiger partial charge is 0.361 e. The number of aromatic amines is 1. The van der Waals surface area contributed by atoms with Crippen molar-refractivity contribution in [2.45, 2.75) is 12.8 Å². The molecule has 1 fully saturated rings. The van der Waals surface area contributed by atoms with Crippen molar-refractivity contribution < 1.29 is 8.42 Å². The van der Waals surface area contributed by atoms with Crippen LogP contribution in [0.4, 0.5) is 0 Å². The van der Waals surface area contributed by atoms with E-state index in [0.29, 0.717) is 25.6 Å². The summed E-state index contributed by atoms with van der Waals surface area (Å²) in [5, 5.41) is 7.69. The normalized spacial score (nSPS) is 17.9. The number of H-pyrrole nitrogens is 1. The fraction of sp³-hybridized carbons (Fsp3) is 0.471. The lowest BCUT2D eigenvalue weighted by Gasteiger charge is -2.16. The van der Waals surface area contributed by atoms with Crippen LogP contribution in [0.5, 0.6) is 0 Å². The Kier molecular flexibility index (Phi) is 5.60. The van der Waals surface area contributed by atoms with E-state index in [1.54, 1.807) is 11.4 Å². The van der Waals surface area contributed by atoms with E-state index in [1.807, 2.05) is 18.3 Å². The van der Waals surface area contributed by atoms with Crippen LogP contribution in [0, 0.1) is 0 Å². The molecule has 25 heavy (non-hydrogen) atoms. The zero-order valence-electron chi connectivity index (χ0n) is 14.5. The highest BCUT2D eigenvalue weighted by Gasteiger charge is 2.27. The smallest absolute Gasteiger partial charge is 0.214 e. The number of guanidine groups is 1. The van der Waals surface area contributed by atoms with Crippen molar-refractivity contribution in [2.24, 2.45) is 4.99 Å². The lowest BCUT2D eigenvalue weighted by molar-refractivity contribution is 0.445. The maximum Gasteiger partial charge on any atom is 0.214 e. The molecule has 1 aromatic carbocycles. The molecule has 0 spiro atoms. The zero-order chi connectivity index (χ0) is 17.7. The van der Waals surface area contributed by atoms with Gasteiger partial charge in [0.2, 0.25) is 10.0 Å². The lowest BCUT2D eigenvalue weighted by atomic mass is 10.1. The standard InChI is InChI=1S/C17H25N5O2S/c1-18-17(20-9-11-22-10-4-12-25(22,23)24)19-8-7-14-13-21-16-6-3-2-5-15(14)16/h2-3,5-6,13,21H,4,7-12H2,1H3,(H2,18,19,20). The van der Waals surface area contributed by atoms with Gasteiger partial charge in [0.25, 0.3) is 0 Å². The number of sulfonamides is 1. The summed E-state index contributed by atoms with van der Waals surface area (Å²) in [4.78, 5) is 7.47. The van der Waals surface area contributed by atoms with Crippen LogP contribution in [0.25, 0.3) is 10.9 Å². The predicted molar refractivity (Wildman–Crippen MR) is 101 cm³/mol. The van der Waals surface area contributed by atoms with Crippen LogP contribution in [0.3, 0.4) is 0 Å². The highest BCUT2D eigenvalue weighted by Crippen LogP contribution is 2.17. The molecule has 0 bridgehead atoms. The van der Waals surface area contributed by atoms with Crippen LogP contribution in [0.15, 0.2) is 35.5 Å². The summed E-state index contributed by atoms with van der Waals surface area (Å²) in [6, 6.07) is 8.25. The third kappa shape index (κ3) is 4.32. The molecule has 136 valence electrons. The SMILES string of the molecule is CN=C(NCCc1c[nH]c2ccccc12)NCCN1CCCS1(=O)=O. The first-order chi connectivity index (χ1) is 12.1.